The fourth-order valence-electron chi connectivity index (χ4n) is 4.17. The van der Waals surface area contributed by atoms with Crippen LogP contribution >= 0.6 is 11.6 Å². The number of amides is 1. The summed E-state index contributed by atoms with van der Waals surface area (Å²) >= 11 is 6.02. The topological polar surface area (TPSA) is 49.3 Å². The Labute approximate surface area is 201 Å². The lowest BCUT2D eigenvalue weighted by Crippen LogP contribution is -2.49. The maximum atomic E-state index is 13.2. The molecule has 0 unspecified atom stereocenters. The molecule has 0 aliphatic carbocycles. The van der Waals surface area contributed by atoms with Gasteiger partial charge in [-0.05, 0) is 43.7 Å². The molecule has 4 rings (SSSR count). The van der Waals surface area contributed by atoms with Crippen LogP contribution in [0.4, 0.5) is 19.0 Å². The number of aromatic nitrogens is 2. The Balaban J connectivity index is 1.55. The van der Waals surface area contributed by atoms with Gasteiger partial charge >= 0.3 is 6.18 Å². The largest absolute Gasteiger partial charge is 0.416 e. The molecular formula is C25H24ClF3N4O. The van der Waals surface area contributed by atoms with Crippen molar-refractivity contribution in [3.8, 4) is 0 Å². The van der Waals surface area contributed by atoms with Crippen molar-refractivity contribution < 1.29 is 18.0 Å². The smallest absolute Gasteiger partial charge is 0.353 e. The SMILES string of the molecule is Cc1nc(C)c(Cc2cccc(C(F)(F)F)c2)c(N2CCN(C(=O)c3cccc(Cl)c3)CC2)n1. The Kier molecular flexibility index (Phi) is 6.79. The Hall–Kier alpha value is -3.13. The van der Waals surface area contributed by atoms with Crippen molar-refractivity contribution >= 4 is 23.3 Å². The predicted octanol–water partition coefficient (Wildman–Crippen LogP) is 5.32. The Morgan fingerprint density at radius 3 is 2.38 bits per heavy atom. The fourth-order valence-corrected chi connectivity index (χ4v) is 4.36. The van der Waals surface area contributed by atoms with Crippen molar-refractivity contribution in [1.29, 1.82) is 0 Å². The van der Waals surface area contributed by atoms with E-state index in [0.717, 1.165) is 17.3 Å². The molecule has 3 aromatic rings. The van der Waals surface area contributed by atoms with Gasteiger partial charge < -0.3 is 9.80 Å². The molecule has 1 saturated heterocycles. The van der Waals surface area contributed by atoms with Gasteiger partial charge in [0.1, 0.15) is 11.6 Å². The van der Waals surface area contributed by atoms with Gasteiger partial charge in [-0.3, -0.25) is 4.79 Å². The second-order valence-corrected chi connectivity index (χ2v) is 8.76. The number of benzene rings is 2. The average Bonchev–Trinajstić information content (AvgIpc) is 2.80. The van der Waals surface area contributed by atoms with Gasteiger partial charge in [0.25, 0.3) is 5.91 Å². The molecule has 34 heavy (non-hydrogen) atoms. The maximum absolute atomic E-state index is 13.2. The minimum Gasteiger partial charge on any atom is -0.353 e. The first-order valence-corrected chi connectivity index (χ1v) is 11.3. The van der Waals surface area contributed by atoms with Crippen molar-refractivity contribution in [3.63, 3.8) is 0 Å². The molecule has 0 radical (unpaired) electrons. The summed E-state index contributed by atoms with van der Waals surface area (Å²) in [4.78, 5) is 25.8. The van der Waals surface area contributed by atoms with Crippen LogP contribution in [0, 0.1) is 13.8 Å². The van der Waals surface area contributed by atoms with E-state index in [0.29, 0.717) is 54.0 Å². The van der Waals surface area contributed by atoms with Crippen LogP contribution in [0.1, 0.15) is 38.6 Å². The van der Waals surface area contributed by atoms with Gasteiger partial charge in [-0.1, -0.05) is 35.9 Å². The molecule has 5 nitrogen and oxygen atoms in total. The first-order valence-electron chi connectivity index (χ1n) is 10.9. The van der Waals surface area contributed by atoms with Crippen LogP contribution in [0.3, 0.4) is 0 Å². The summed E-state index contributed by atoms with van der Waals surface area (Å²) in [6, 6.07) is 12.2. The van der Waals surface area contributed by atoms with Crippen LogP contribution in [-0.4, -0.2) is 47.0 Å². The number of hydrogen-bond acceptors (Lipinski definition) is 4. The van der Waals surface area contributed by atoms with Gasteiger partial charge in [0, 0.05) is 54.4 Å². The van der Waals surface area contributed by atoms with Crippen molar-refractivity contribution in [3.05, 3.63) is 87.3 Å². The molecule has 2 aromatic carbocycles. The molecular weight excluding hydrogens is 465 g/mol. The van der Waals surface area contributed by atoms with Crippen LogP contribution in [0.15, 0.2) is 48.5 Å². The van der Waals surface area contributed by atoms with E-state index < -0.39 is 11.7 Å². The van der Waals surface area contributed by atoms with Crippen LogP contribution in [-0.2, 0) is 12.6 Å². The third kappa shape index (κ3) is 5.33. The maximum Gasteiger partial charge on any atom is 0.416 e. The Morgan fingerprint density at radius 1 is 1.00 bits per heavy atom. The molecule has 0 spiro atoms. The summed E-state index contributed by atoms with van der Waals surface area (Å²) in [6.07, 6.45) is -4.11. The van der Waals surface area contributed by atoms with Crippen LogP contribution < -0.4 is 4.90 Å². The highest BCUT2D eigenvalue weighted by atomic mass is 35.5. The molecule has 0 N–H and O–H groups in total. The van der Waals surface area contributed by atoms with Gasteiger partial charge in [-0.15, -0.1) is 0 Å². The third-order valence-electron chi connectivity index (χ3n) is 5.88. The summed E-state index contributed by atoms with van der Waals surface area (Å²) in [5.41, 5.74) is 1.93. The van der Waals surface area contributed by atoms with Crippen LogP contribution in [0.2, 0.25) is 5.02 Å². The average molecular weight is 489 g/mol. The van der Waals surface area contributed by atoms with E-state index in [2.05, 4.69) is 14.9 Å². The summed E-state index contributed by atoms with van der Waals surface area (Å²) in [7, 11) is 0. The number of alkyl halides is 3. The fraction of sp³-hybridized carbons (Fsp3) is 0.320. The number of rotatable bonds is 4. The molecule has 1 amide bonds. The minimum atomic E-state index is -4.40. The quantitative estimate of drug-likeness (QED) is 0.499. The Bertz CT molecular complexity index is 1210. The minimum absolute atomic E-state index is 0.0820. The zero-order chi connectivity index (χ0) is 24.5. The number of halogens is 4. The molecule has 1 aliphatic heterocycles. The molecule has 1 aliphatic rings. The van der Waals surface area contributed by atoms with Crippen LogP contribution in [0.5, 0.6) is 0 Å². The van der Waals surface area contributed by atoms with Gasteiger partial charge in [-0.2, -0.15) is 13.2 Å². The van der Waals surface area contributed by atoms with E-state index in [1.165, 1.54) is 12.1 Å². The highest BCUT2D eigenvalue weighted by Crippen LogP contribution is 2.31. The van der Waals surface area contributed by atoms with E-state index in [-0.39, 0.29) is 12.3 Å². The lowest BCUT2D eigenvalue weighted by atomic mass is 10.0. The molecule has 0 atom stereocenters. The zero-order valence-corrected chi connectivity index (χ0v) is 19.6. The second kappa shape index (κ2) is 9.62. The first kappa shape index (κ1) is 24.0. The predicted molar refractivity (Wildman–Crippen MR) is 125 cm³/mol. The van der Waals surface area contributed by atoms with E-state index in [1.807, 2.05) is 6.92 Å². The molecule has 2 heterocycles. The molecule has 1 fully saturated rings. The molecule has 1 aromatic heterocycles. The highest BCUT2D eigenvalue weighted by Gasteiger charge is 2.31. The van der Waals surface area contributed by atoms with Gasteiger partial charge in [-0.25, -0.2) is 9.97 Å². The van der Waals surface area contributed by atoms with Crippen molar-refractivity contribution in [2.24, 2.45) is 0 Å². The molecule has 9 heteroatoms. The second-order valence-electron chi connectivity index (χ2n) is 8.32. The number of anilines is 1. The molecule has 0 saturated carbocycles. The van der Waals surface area contributed by atoms with E-state index >= 15 is 0 Å². The first-order chi connectivity index (χ1) is 16.1. The van der Waals surface area contributed by atoms with Gasteiger partial charge in [0.2, 0.25) is 0 Å². The number of carbonyl (C=O) groups is 1. The van der Waals surface area contributed by atoms with Crippen molar-refractivity contribution in [2.45, 2.75) is 26.4 Å². The number of hydrogen-bond donors (Lipinski definition) is 0. The van der Waals surface area contributed by atoms with Gasteiger partial charge in [0.15, 0.2) is 0 Å². The lowest BCUT2D eigenvalue weighted by molar-refractivity contribution is -0.137. The van der Waals surface area contributed by atoms with Crippen molar-refractivity contribution in [2.75, 3.05) is 31.1 Å². The molecule has 178 valence electrons. The third-order valence-corrected chi connectivity index (χ3v) is 6.11. The lowest BCUT2D eigenvalue weighted by Gasteiger charge is -2.36. The summed E-state index contributed by atoms with van der Waals surface area (Å²) in [5.74, 6) is 1.22. The number of nitrogens with zero attached hydrogens (tertiary/aromatic N) is 4. The number of piperazine rings is 1. The van der Waals surface area contributed by atoms with E-state index in [4.69, 9.17) is 11.6 Å². The van der Waals surface area contributed by atoms with Gasteiger partial charge in [0.05, 0.1) is 5.56 Å². The number of carbonyl (C=O) groups excluding carboxylic acids is 1. The van der Waals surface area contributed by atoms with Crippen LogP contribution in [0.25, 0.3) is 0 Å². The standard InChI is InChI=1S/C25H24ClF3N4O/c1-16-22(14-18-5-3-7-20(13-18)25(27,28)29)23(31-17(2)30-16)32-9-11-33(12-10-32)24(34)19-6-4-8-21(26)15-19/h3-8,13,15H,9-12,14H2,1-2H3. The normalized spacial score (nSPS) is 14.4. The van der Waals surface area contributed by atoms with E-state index in [9.17, 15) is 18.0 Å². The molecule has 0 bridgehead atoms. The summed E-state index contributed by atoms with van der Waals surface area (Å²) in [6.45, 7) is 5.74. The number of aryl methyl sites for hydroxylation is 2. The van der Waals surface area contributed by atoms with Crippen molar-refractivity contribution in [1.82, 2.24) is 14.9 Å². The van der Waals surface area contributed by atoms with E-state index in [1.54, 1.807) is 42.2 Å². The highest BCUT2D eigenvalue weighted by molar-refractivity contribution is 6.30. The summed E-state index contributed by atoms with van der Waals surface area (Å²) in [5, 5.41) is 0.510. The monoisotopic (exact) mass is 488 g/mol. The summed E-state index contributed by atoms with van der Waals surface area (Å²) < 4.78 is 39.5. The zero-order valence-electron chi connectivity index (χ0n) is 18.9. The Morgan fingerprint density at radius 2 is 1.71 bits per heavy atom.